The molecule has 0 radical (unpaired) electrons. The van der Waals surface area contributed by atoms with E-state index in [4.69, 9.17) is 15.9 Å². The average Bonchev–Trinajstić information content (AvgIpc) is 2.95. The molecule has 148 valence electrons. The second-order valence-corrected chi connectivity index (χ2v) is 7.79. The van der Waals surface area contributed by atoms with Crippen LogP contribution in [-0.2, 0) is 11.3 Å². The Bertz CT molecular complexity index is 1050. The van der Waals surface area contributed by atoms with E-state index in [-0.39, 0.29) is 23.6 Å². The second-order valence-electron chi connectivity index (χ2n) is 5.88. The van der Waals surface area contributed by atoms with Crippen molar-refractivity contribution in [3.05, 3.63) is 62.7 Å². The third-order valence-corrected chi connectivity index (χ3v) is 5.38. The molecule has 29 heavy (non-hydrogen) atoms. The van der Waals surface area contributed by atoms with Crippen LogP contribution in [0.25, 0.3) is 6.08 Å². The lowest BCUT2D eigenvalue weighted by Gasteiger charge is -2.14. The van der Waals surface area contributed by atoms with Crippen LogP contribution in [0.4, 0.5) is 9.18 Å². The fourth-order valence-electron chi connectivity index (χ4n) is 2.69. The van der Waals surface area contributed by atoms with Gasteiger partial charge in [-0.25, -0.2) is 4.39 Å². The standard InChI is InChI=1S/C21H15BrFNO4S/c1-3-8-28-19-14(9-15(22)11-17(19)27-2)10-18-20(25)24(21(26)29-18)12-13-6-4-5-7-16(13)23/h1,4-7,9-11H,8,12H2,2H3/b18-10-. The number of carbonyl (C=O) groups is 2. The highest BCUT2D eigenvalue weighted by atomic mass is 79.9. The van der Waals surface area contributed by atoms with Crippen molar-refractivity contribution in [1.82, 2.24) is 4.90 Å². The SMILES string of the molecule is C#CCOc1c(/C=C2\SC(=O)N(Cc3ccccc3F)C2=O)cc(Br)cc1OC. The predicted molar refractivity (Wildman–Crippen MR) is 113 cm³/mol. The quantitative estimate of drug-likeness (QED) is 0.441. The van der Waals surface area contributed by atoms with Gasteiger partial charge in [0, 0.05) is 15.6 Å². The Kier molecular flexibility index (Phi) is 6.62. The van der Waals surface area contributed by atoms with Gasteiger partial charge >= 0.3 is 0 Å². The molecule has 5 nitrogen and oxygen atoms in total. The molecule has 0 saturated carbocycles. The molecular formula is C21H15BrFNO4S. The van der Waals surface area contributed by atoms with Crippen molar-refractivity contribution in [3.8, 4) is 23.8 Å². The topological polar surface area (TPSA) is 55.8 Å². The third-order valence-electron chi connectivity index (χ3n) is 4.01. The summed E-state index contributed by atoms with van der Waals surface area (Å²) in [4.78, 5) is 26.3. The smallest absolute Gasteiger partial charge is 0.293 e. The maximum atomic E-state index is 13.9. The van der Waals surface area contributed by atoms with Gasteiger partial charge < -0.3 is 9.47 Å². The second kappa shape index (κ2) is 9.16. The van der Waals surface area contributed by atoms with E-state index in [9.17, 15) is 14.0 Å². The molecule has 0 bridgehead atoms. The van der Waals surface area contributed by atoms with Gasteiger partial charge in [0.25, 0.3) is 11.1 Å². The Labute approximate surface area is 180 Å². The van der Waals surface area contributed by atoms with Crippen LogP contribution in [-0.4, -0.2) is 29.8 Å². The van der Waals surface area contributed by atoms with Gasteiger partial charge in [-0.15, -0.1) is 6.42 Å². The number of hydrogen-bond acceptors (Lipinski definition) is 5. The lowest BCUT2D eigenvalue weighted by molar-refractivity contribution is -0.123. The van der Waals surface area contributed by atoms with Crippen molar-refractivity contribution < 1.29 is 23.5 Å². The van der Waals surface area contributed by atoms with Gasteiger partial charge in [-0.2, -0.15) is 0 Å². The number of thioether (sulfide) groups is 1. The summed E-state index contributed by atoms with van der Waals surface area (Å²) in [6.07, 6.45) is 6.81. The molecule has 2 amide bonds. The zero-order valence-electron chi connectivity index (χ0n) is 15.3. The van der Waals surface area contributed by atoms with Crippen molar-refractivity contribution in [3.63, 3.8) is 0 Å². The first-order valence-electron chi connectivity index (χ1n) is 8.37. The molecule has 0 spiro atoms. The van der Waals surface area contributed by atoms with Crippen LogP contribution in [0, 0.1) is 18.2 Å². The summed E-state index contributed by atoms with van der Waals surface area (Å²) in [7, 11) is 1.48. The molecule has 0 aromatic heterocycles. The minimum atomic E-state index is -0.509. The number of hydrogen-bond donors (Lipinski definition) is 0. The molecule has 2 aromatic rings. The number of amides is 2. The number of ether oxygens (including phenoxy) is 2. The van der Waals surface area contributed by atoms with Crippen molar-refractivity contribution >= 4 is 44.9 Å². The molecule has 0 aliphatic carbocycles. The maximum absolute atomic E-state index is 13.9. The first-order chi connectivity index (χ1) is 13.9. The van der Waals surface area contributed by atoms with Crippen molar-refractivity contribution in [1.29, 1.82) is 0 Å². The van der Waals surface area contributed by atoms with Crippen LogP contribution < -0.4 is 9.47 Å². The highest BCUT2D eigenvalue weighted by molar-refractivity contribution is 9.10. The van der Waals surface area contributed by atoms with E-state index in [0.29, 0.717) is 21.5 Å². The molecule has 0 N–H and O–H groups in total. The summed E-state index contributed by atoms with van der Waals surface area (Å²) in [5, 5.41) is -0.474. The highest BCUT2D eigenvalue weighted by Crippen LogP contribution is 2.39. The van der Waals surface area contributed by atoms with E-state index >= 15 is 0 Å². The first kappa shape index (κ1) is 21.0. The van der Waals surface area contributed by atoms with Gasteiger partial charge in [-0.3, -0.25) is 14.5 Å². The number of imide groups is 1. The molecule has 3 rings (SSSR count). The number of benzene rings is 2. The Hall–Kier alpha value is -2.76. The lowest BCUT2D eigenvalue weighted by Crippen LogP contribution is -2.27. The van der Waals surface area contributed by atoms with Gasteiger partial charge in [0.1, 0.15) is 12.4 Å². The molecule has 1 saturated heterocycles. The summed E-state index contributed by atoms with van der Waals surface area (Å²) < 4.78 is 25.5. The zero-order valence-corrected chi connectivity index (χ0v) is 17.7. The van der Waals surface area contributed by atoms with Gasteiger partial charge in [-0.1, -0.05) is 40.0 Å². The summed E-state index contributed by atoms with van der Waals surface area (Å²) >= 11 is 4.16. The van der Waals surface area contributed by atoms with Gasteiger partial charge in [0.15, 0.2) is 11.5 Å². The number of nitrogens with zero attached hydrogens (tertiary/aromatic N) is 1. The Morgan fingerprint density at radius 2 is 2.07 bits per heavy atom. The van der Waals surface area contributed by atoms with Gasteiger partial charge in [-0.05, 0) is 36.0 Å². The first-order valence-corrected chi connectivity index (χ1v) is 9.98. The molecule has 1 heterocycles. The van der Waals surface area contributed by atoms with E-state index in [1.807, 2.05) is 0 Å². The summed E-state index contributed by atoms with van der Waals surface area (Å²) in [6, 6.07) is 9.44. The third kappa shape index (κ3) is 4.63. The number of carbonyl (C=O) groups excluding carboxylic acids is 2. The Morgan fingerprint density at radius 3 is 2.76 bits per heavy atom. The van der Waals surface area contributed by atoms with Gasteiger partial charge in [0.2, 0.25) is 0 Å². The zero-order chi connectivity index (χ0) is 21.0. The van der Waals surface area contributed by atoms with E-state index < -0.39 is 17.0 Å². The van der Waals surface area contributed by atoms with E-state index in [1.54, 1.807) is 24.3 Å². The van der Waals surface area contributed by atoms with Crippen LogP contribution >= 0.6 is 27.7 Å². The number of methoxy groups -OCH3 is 1. The lowest BCUT2D eigenvalue weighted by atomic mass is 10.1. The minimum Gasteiger partial charge on any atom is -0.493 e. The molecule has 2 aromatic carbocycles. The summed E-state index contributed by atoms with van der Waals surface area (Å²) in [6.45, 7) is -0.134. The predicted octanol–water partition coefficient (Wildman–Crippen LogP) is 4.85. The Morgan fingerprint density at radius 1 is 1.31 bits per heavy atom. The fraction of sp³-hybridized carbons (Fsp3) is 0.143. The van der Waals surface area contributed by atoms with Crippen molar-refractivity contribution in [2.75, 3.05) is 13.7 Å². The van der Waals surface area contributed by atoms with Crippen LogP contribution in [0.15, 0.2) is 45.8 Å². The minimum absolute atomic E-state index is 0.00753. The molecular weight excluding hydrogens is 461 g/mol. The van der Waals surface area contributed by atoms with Crippen LogP contribution in [0.5, 0.6) is 11.5 Å². The number of terminal acetylenes is 1. The van der Waals surface area contributed by atoms with Crippen LogP contribution in [0.2, 0.25) is 0 Å². The van der Waals surface area contributed by atoms with Crippen LogP contribution in [0.1, 0.15) is 11.1 Å². The van der Waals surface area contributed by atoms with Crippen LogP contribution in [0.3, 0.4) is 0 Å². The van der Waals surface area contributed by atoms with Crippen molar-refractivity contribution in [2.24, 2.45) is 0 Å². The molecule has 1 fully saturated rings. The van der Waals surface area contributed by atoms with E-state index in [2.05, 4.69) is 21.9 Å². The van der Waals surface area contributed by atoms with Crippen molar-refractivity contribution in [2.45, 2.75) is 6.54 Å². The van der Waals surface area contributed by atoms with E-state index in [0.717, 1.165) is 16.7 Å². The Balaban J connectivity index is 1.94. The molecule has 1 aliphatic rings. The fourth-order valence-corrected chi connectivity index (χ4v) is 3.97. The molecule has 8 heteroatoms. The van der Waals surface area contributed by atoms with E-state index in [1.165, 1.54) is 25.3 Å². The monoisotopic (exact) mass is 475 g/mol. The molecule has 0 atom stereocenters. The highest BCUT2D eigenvalue weighted by Gasteiger charge is 2.35. The molecule has 0 unspecified atom stereocenters. The normalized spacial score (nSPS) is 15.0. The summed E-state index contributed by atoms with van der Waals surface area (Å²) in [5.74, 6) is 2.17. The average molecular weight is 476 g/mol. The van der Waals surface area contributed by atoms with Gasteiger partial charge in [0.05, 0.1) is 18.6 Å². The molecule has 1 aliphatic heterocycles. The number of rotatable bonds is 6. The summed E-state index contributed by atoms with van der Waals surface area (Å²) in [5.41, 5.74) is 0.779. The largest absolute Gasteiger partial charge is 0.493 e. The maximum Gasteiger partial charge on any atom is 0.293 e. The number of halogens is 2.